The Morgan fingerprint density at radius 3 is 2.37 bits per heavy atom. The topological polar surface area (TPSA) is 83.6 Å². The Hall–Kier alpha value is -1.40. The highest BCUT2D eigenvalue weighted by molar-refractivity contribution is 9.10. The molecule has 0 spiro atoms. The summed E-state index contributed by atoms with van der Waals surface area (Å²) in [5.74, 6) is -1.52. The van der Waals surface area contributed by atoms with Crippen LogP contribution in [0.1, 0.15) is 24.9 Å². The molecule has 1 rings (SSSR count). The molecule has 1 amide bonds. The lowest BCUT2D eigenvalue weighted by molar-refractivity contribution is -0.139. The van der Waals surface area contributed by atoms with Crippen LogP contribution in [0.3, 0.4) is 0 Å². The molecule has 1 atom stereocenters. The van der Waals surface area contributed by atoms with Crippen LogP contribution in [0.25, 0.3) is 0 Å². The van der Waals surface area contributed by atoms with Crippen LogP contribution in [0.5, 0.6) is 0 Å². The number of hydrogen-bond donors (Lipinski definition) is 2. The van der Waals surface area contributed by atoms with Gasteiger partial charge >= 0.3 is 5.97 Å². The van der Waals surface area contributed by atoms with Crippen LogP contribution >= 0.6 is 15.9 Å². The first-order chi connectivity index (χ1) is 8.95. The third-order valence-electron chi connectivity index (χ3n) is 2.67. The van der Waals surface area contributed by atoms with Crippen molar-refractivity contribution in [3.63, 3.8) is 0 Å². The lowest BCUT2D eigenvalue weighted by Crippen LogP contribution is -2.41. The Labute approximate surface area is 120 Å². The van der Waals surface area contributed by atoms with E-state index < -0.39 is 17.9 Å². The Bertz CT molecular complexity index is 448. The molecule has 6 heteroatoms. The first kappa shape index (κ1) is 15.7. The quantitative estimate of drug-likeness (QED) is 0.799. The van der Waals surface area contributed by atoms with E-state index in [1.54, 1.807) is 29.2 Å². The van der Waals surface area contributed by atoms with Gasteiger partial charge in [-0.3, -0.25) is 14.5 Å². The number of carbonyl (C=O) groups excluding carboxylic acids is 1. The summed E-state index contributed by atoms with van der Waals surface area (Å²) in [6.07, 6.45) is 0.744. The predicted molar refractivity (Wildman–Crippen MR) is 75.6 cm³/mol. The Morgan fingerprint density at radius 2 is 1.95 bits per heavy atom. The maximum absolute atomic E-state index is 11.7. The first-order valence-electron chi connectivity index (χ1n) is 5.96. The third-order valence-corrected chi connectivity index (χ3v) is 3.20. The summed E-state index contributed by atoms with van der Waals surface area (Å²) in [6.45, 7) is 2.21. The van der Waals surface area contributed by atoms with Gasteiger partial charge in [-0.1, -0.05) is 35.0 Å². The van der Waals surface area contributed by atoms with E-state index >= 15 is 0 Å². The van der Waals surface area contributed by atoms with Crippen molar-refractivity contribution in [2.45, 2.75) is 19.4 Å². The molecule has 0 fully saturated rings. The second-order valence-electron chi connectivity index (χ2n) is 4.22. The second kappa shape index (κ2) is 7.25. The Balaban J connectivity index is 3.05. The summed E-state index contributed by atoms with van der Waals surface area (Å²) in [7, 11) is 0. The summed E-state index contributed by atoms with van der Waals surface area (Å²) in [6, 6.07) is 6.42. The molecule has 1 unspecified atom stereocenters. The van der Waals surface area contributed by atoms with Crippen molar-refractivity contribution < 1.29 is 14.7 Å². The van der Waals surface area contributed by atoms with Crippen LogP contribution in [-0.4, -0.2) is 35.0 Å². The normalized spacial score (nSPS) is 12.4. The molecule has 0 heterocycles. The summed E-state index contributed by atoms with van der Waals surface area (Å²) in [4.78, 5) is 24.1. The molecule has 3 N–H and O–H groups in total. The number of carboxylic acid groups (broad SMARTS) is 1. The highest BCUT2D eigenvalue weighted by Crippen LogP contribution is 2.22. The van der Waals surface area contributed by atoms with Gasteiger partial charge in [-0.15, -0.1) is 0 Å². The molecule has 0 aliphatic heterocycles. The van der Waals surface area contributed by atoms with Crippen LogP contribution in [0.15, 0.2) is 28.7 Å². The summed E-state index contributed by atoms with van der Waals surface area (Å²) < 4.78 is 0.889. The Morgan fingerprint density at radius 1 is 1.37 bits per heavy atom. The molecule has 0 saturated carbocycles. The van der Waals surface area contributed by atoms with Crippen molar-refractivity contribution in [1.82, 2.24) is 4.90 Å². The van der Waals surface area contributed by atoms with E-state index in [9.17, 15) is 9.59 Å². The SMILES string of the molecule is CCCN(CC(=O)O)C(C(N)=O)c1ccc(Br)cc1. The highest BCUT2D eigenvalue weighted by atomic mass is 79.9. The number of amides is 1. The second-order valence-corrected chi connectivity index (χ2v) is 5.14. The number of rotatable bonds is 7. The van der Waals surface area contributed by atoms with E-state index in [0.29, 0.717) is 12.1 Å². The van der Waals surface area contributed by atoms with Gasteiger partial charge in [-0.05, 0) is 30.7 Å². The molecule has 1 aromatic rings. The minimum atomic E-state index is -0.975. The van der Waals surface area contributed by atoms with Crippen molar-refractivity contribution >= 4 is 27.8 Å². The molecule has 19 heavy (non-hydrogen) atoms. The maximum Gasteiger partial charge on any atom is 0.317 e. The van der Waals surface area contributed by atoms with Gasteiger partial charge in [0.1, 0.15) is 6.04 Å². The maximum atomic E-state index is 11.7. The monoisotopic (exact) mass is 328 g/mol. The van der Waals surface area contributed by atoms with E-state index in [4.69, 9.17) is 10.8 Å². The number of carboxylic acids is 1. The van der Waals surface area contributed by atoms with E-state index in [0.717, 1.165) is 10.9 Å². The highest BCUT2D eigenvalue weighted by Gasteiger charge is 2.26. The Kier molecular flexibility index (Phi) is 5.98. The van der Waals surface area contributed by atoms with Gasteiger partial charge in [-0.25, -0.2) is 0 Å². The molecule has 0 saturated heterocycles. The largest absolute Gasteiger partial charge is 0.480 e. The zero-order chi connectivity index (χ0) is 14.4. The van der Waals surface area contributed by atoms with Crippen LogP contribution in [0.2, 0.25) is 0 Å². The summed E-state index contributed by atoms with van der Waals surface area (Å²) >= 11 is 3.32. The molecule has 0 aromatic heterocycles. The number of nitrogens with zero attached hydrogens (tertiary/aromatic N) is 1. The molecule has 5 nitrogen and oxygen atoms in total. The minimum absolute atomic E-state index is 0.211. The van der Waals surface area contributed by atoms with Crippen LogP contribution in [0, 0.1) is 0 Å². The van der Waals surface area contributed by atoms with Crippen molar-refractivity contribution in [1.29, 1.82) is 0 Å². The smallest absolute Gasteiger partial charge is 0.317 e. The fourth-order valence-electron chi connectivity index (χ4n) is 1.96. The molecular weight excluding hydrogens is 312 g/mol. The summed E-state index contributed by atoms with van der Waals surface area (Å²) in [5.41, 5.74) is 6.13. The molecule has 0 aliphatic carbocycles. The number of primary amides is 1. The number of hydrogen-bond acceptors (Lipinski definition) is 3. The van der Waals surface area contributed by atoms with Crippen molar-refractivity contribution in [3.8, 4) is 0 Å². The minimum Gasteiger partial charge on any atom is -0.480 e. The molecule has 104 valence electrons. The van der Waals surface area contributed by atoms with Crippen LogP contribution < -0.4 is 5.73 Å². The zero-order valence-corrected chi connectivity index (χ0v) is 12.3. The van der Waals surface area contributed by atoms with E-state index in [-0.39, 0.29) is 6.54 Å². The van der Waals surface area contributed by atoms with Gasteiger partial charge in [0.25, 0.3) is 0 Å². The van der Waals surface area contributed by atoms with Gasteiger partial charge in [0, 0.05) is 4.47 Å². The number of halogens is 1. The predicted octanol–water partition coefficient (Wildman–Crippen LogP) is 1.77. The van der Waals surface area contributed by atoms with E-state index in [1.807, 2.05) is 6.92 Å². The van der Waals surface area contributed by atoms with E-state index in [2.05, 4.69) is 15.9 Å². The lowest BCUT2D eigenvalue weighted by Gasteiger charge is -2.28. The number of nitrogens with two attached hydrogens (primary N) is 1. The molecule has 1 aromatic carbocycles. The molecular formula is C13H17BrN2O3. The lowest BCUT2D eigenvalue weighted by atomic mass is 10.0. The standard InChI is InChI=1S/C13H17BrN2O3/c1-2-7-16(8-11(17)18)12(13(15)19)9-3-5-10(14)6-4-9/h3-6,12H,2,7-8H2,1H3,(H2,15,19)(H,17,18). The molecule has 0 bridgehead atoms. The van der Waals surface area contributed by atoms with Gasteiger partial charge in [0.2, 0.25) is 5.91 Å². The molecule has 0 aliphatic rings. The first-order valence-corrected chi connectivity index (χ1v) is 6.75. The number of carbonyl (C=O) groups is 2. The number of benzene rings is 1. The number of aliphatic carboxylic acids is 1. The van der Waals surface area contributed by atoms with Gasteiger partial charge < -0.3 is 10.8 Å². The van der Waals surface area contributed by atoms with E-state index in [1.165, 1.54) is 0 Å². The van der Waals surface area contributed by atoms with Crippen LogP contribution in [-0.2, 0) is 9.59 Å². The zero-order valence-electron chi connectivity index (χ0n) is 10.7. The molecule has 0 radical (unpaired) electrons. The van der Waals surface area contributed by atoms with Crippen molar-refractivity contribution in [2.24, 2.45) is 5.73 Å². The van der Waals surface area contributed by atoms with Crippen molar-refractivity contribution in [3.05, 3.63) is 34.3 Å². The van der Waals surface area contributed by atoms with Gasteiger partial charge in [-0.2, -0.15) is 0 Å². The van der Waals surface area contributed by atoms with Crippen LogP contribution in [0.4, 0.5) is 0 Å². The average molecular weight is 329 g/mol. The van der Waals surface area contributed by atoms with Gasteiger partial charge in [0.05, 0.1) is 6.54 Å². The fraction of sp³-hybridized carbons (Fsp3) is 0.385. The summed E-state index contributed by atoms with van der Waals surface area (Å²) in [5, 5.41) is 8.93. The fourth-order valence-corrected chi connectivity index (χ4v) is 2.22. The van der Waals surface area contributed by atoms with Crippen molar-refractivity contribution in [2.75, 3.05) is 13.1 Å². The third kappa shape index (κ3) is 4.65. The van der Waals surface area contributed by atoms with Gasteiger partial charge in [0.15, 0.2) is 0 Å². The average Bonchev–Trinajstić information content (AvgIpc) is 2.31.